The number of benzene rings is 2. The molecule has 0 bridgehead atoms. The maximum absolute atomic E-state index is 11.2. The minimum absolute atomic E-state index is 0.0826. The molecule has 156 valence electrons. The molecule has 0 saturated carbocycles. The highest BCUT2D eigenvalue weighted by Gasteiger charge is 2.09. The Balaban J connectivity index is 1.92. The van der Waals surface area contributed by atoms with Crippen LogP contribution in [0.2, 0.25) is 0 Å². The third-order valence-electron chi connectivity index (χ3n) is 4.46. The van der Waals surface area contributed by atoms with Crippen molar-refractivity contribution in [2.45, 2.75) is 19.9 Å². The Morgan fingerprint density at radius 1 is 1.07 bits per heavy atom. The Morgan fingerprint density at radius 3 is 2.48 bits per heavy atom. The fourth-order valence-electron chi connectivity index (χ4n) is 2.97. The van der Waals surface area contributed by atoms with Crippen LogP contribution in [0.25, 0.3) is 0 Å². The molecule has 2 aromatic rings. The molecule has 0 radical (unpaired) electrons. The molecule has 29 heavy (non-hydrogen) atoms. The molecule has 0 atom stereocenters. The average Bonchev–Trinajstić information content (AvgIpc) is 2.72. The van der Waals surface area contributed by atoms with Crippen molar-refractivity contribution < 1.29 is 14.3 Å². The molecule has 0 aromatic heterocycles. The van der Waals surface area contributed by atoms with Gasteiger partial charge in [-0.2, -0.15) is 0 Å². The van der Waals surface area contributed by atoms with E-state index in [4.69, 9.17) is 9.47 Å². The first-order valence-electron chi connectivity index (χ1n) is 9.46. The summed E-state index contributed by atoms with van der Waals surface area (Å²) >= 11 is 0. The number of anilines is 1. The highest BCUT2D eigenvalue weighted by atomic mass is 16.5. The molecule has 0 heterocycles. The van der Waals surface area contributed by atoms with Crippen molar-refractivity contribution in [3.05, 3.63) is 53.6 Å². The van der Waals surface area contributed by atoms with Crippen molar-refractivity contribution in [1.29, 1.82) is 0 Å². The van der Waals surface area contributed by atoms with Crippen molar-refractivity contribution in [3.63, 3.8) is 0 Å². The molecule has 2 aromatic carbocycles. The minimum atomic E-state index is -0.0826. The topological polar surface area (TPSA) is 75.2 Å². The van der Waals surface area contributed by atoms with Gasteiger partial charge in [-0.3, -0.25) is 9.79 Å². The molecule has 7 heteroatoms. The molecule has 1 amide bonds. The summed E-state index contributed by atoms with van der Waals surface area (Å²) in [4.78, 5) is 17.7. The zero-order valence-electron chi connectivity index (χ0n) is 17.8. The summed E-state index contributed by atoms with van der Waals surface area (Å²) in [5, 5.41) is 6.16. The summed E-state index contributed by atoms with van der Waals surface area (Å²) in [6.07, 6.45) is 0.843. The maximum atomic E-state index is 11.2. The fourth-order valence-corrected chi connectivity index (χ4v) is 2.97. The smallest absolute Gasteiger partial charge is 0.221 e. The molecule has 0 aliphatic heterocycles. The van der Waals surface area contributed by atoms with E-state index >= 15 is 0 Å². The number of carbonyl (C=O) groups is 1. The first-order valence-corrected chi connectivity index (χ1v) is 9.46. The number of hydrogen-bond donors (Lipinski definition) is 2. The van der Waals surface area contributed by atoms with E-state index < -0.39 is 0 Å². The van der Waals surface area contributed by atoms with Gasteiger partial charge < -0.3 is 25.0 Å². The highest BCUT2D eigenvalue weighted by molar-refractivity contribution is 5.88. The Labute approximate surface area is 172 Å². The largest absolute Gasteiger partial charge is 0.493 e. The van der Waals surface area contributed by atoms with Crippen LogP contribution < -0.4 is 20.1 Å². The van der Waals surface area contributed by atoms with Gasteiger partial charge in [0, 0.05) is 39.8 Å². The van der Waals surface area contributed by atoms with Gasteiger partial charge in [0.25, 0.3) is 0 Å². The van der Waals surface area contributed by atoms with E-state index in [1.165, 1.54) is 6.92 Å². The lowest BCUT2D eigenvalue weighted by Gasteiger charge is -2.22. The van der Waals surface area contributed by atoms with Crippen molar-refractivity contribution >= 4 is 17.6 Å². The number of likely N-dealkylation sites (N-methyl/N-ethyl adjacent to an activating group) is 1. The number of nitrogens with one attached hydrogen (secondary N) is 2. The second kappa shape index (κ2) is 10.9. The first-order chi connectivity index (χ1) is 14.0. The van der Waals surface area contributed by atoms with Gasteiger partial charge in [-0.05, 0) is 41.8 Å². The maximum Gasteiger partial charge on any atom is 0.221 e. The van der Waals surface area contributed by atoms with Gasteiger partial charge in [0.05, 0.1) is 14.2 Å². The quantitative estimate of drug-likeness (QED) is 0.528. The van der Waals surface area contributed by atoms with Crippen molar-refractivity contribution in [2.75, 3.05) is 40.2 Å². The Kier molecular flexibility index (Phi) is 8.33. The molecular formula is C22H30N4O3. The van der Waals surface area contributed by atoms with Crippen LogP contribution in [0.4, 0.5) is 5.69 Å². The molecule has 0 spiro atoms. The molecule has 0 unspecified atom stereocenters. The summed E-state index contributed by atoms with van der Waals surface area (Å²) in [5.74, 6) is 2.18. The number of ether oxygens (including phenoxy) is 2. The Hall–Kier alpha value is -3.22. The molecule has 0 aliphatic carbocycles. The minimum Gasteiger partial charge on any atom is -0.493 e. The van der Waals surface area contributed by atoms with E-state index in [2.05, 4.69) is 20.5 Å². The third kappa shape index (κ3) is 6.71. The molecule has 0 fully saturated rings. The molecule has 7 nitrogen and oxygen atoms in total. The lowest BCUT2D eigenvalue weighted by atomic mass is 10.1. The van der Waals surface area contributed by atoms with Crippen molar-refractivity contribution in [3.8, 4) is 11.5 Å². The average molecular weight is 399 g/mol. The monoisotopic (exact) mass is 398 g/mol. The number of rotatable bonds is 8. The van der Waals surface area contributed by atoms with Crippen LogP contribution >= 0.6 is 0 Å². The fraction of sp³-hybridized carbons (Fsp3) is 0.364. The predicted molar refractivity (Wildman–Crippen MR) is 117 cm³/mol. The zero-order chi connectivity index (χ0) is 21.2. The second-order valence-corrected chi connectivity index (χ2v) is 6.64. The third-order valence-corrected chi connectivity index (χ3v) is 4.46. The van der Waals surface area contributed by atoms with Crippen molar-refractivity contribution in [1.82, 2.24) is 10.2 Å². The van der Waals surface area contributed by atoms with E-state index in [1.807, 2.05) is 49.5 Å². The zero-order valence-corrected chi connectivity index (χ0v) is 17.8. The van der Waals surface area contributed by atoms with E-state index in [-0.39, 0.29) is 5.91 Å². The van der Waals surface area contributed by atoms with Gasteiger partial charge in [-0.15, -0.1) is 0 Å². The van der Waals surface area contributed by atoms with Gasteiger partial charge in [-0.1, -0.05) is 18.2 Å². The first kappa shape index (κ1) is 22.1. The van der Waals surface area contributed by atoms with Gasteiger partial charge in [0.1, 0.15) is 0 Å². The number of methoxy groups -OCH3 is 2. The lowest BCUT2D eigenvalue weighted by molar-refractivity contribution is -0.114. The van der Waals surface area contributed by atoms with Gasteiger partial charge >= 0.3 is 0 Å². The van der Waals surface area contributed by atoms with Crippen LogP contribution in [-0.4, -0.2) is 51.6 Å². The normalized spacial score (nSPS) is 11.0. The van der Waals surface area contributed by atoms with E-state index in [0.717, 1.165) is 47.2 Å². The summed E-state index contributed by atoms with van der Waals surface area (Å²) in [7, 11) is 7.04. The Morgan fingerprint density at radius 2 is 1.83 bits per heavy atom. The summed E-state index contributed by atoms with van der Waals surface area (Å²) in [6, 6.07) is 13.7. The number of nitrogens with zero attached hydrogens (tertiary/aromatic N) is 2. The number of carbonyl (C=O) groups excluding carboxylic acids is 1. The molecule has 0 saturated heterocycles. The summed E-state index contributed by atoms with van der Waals surface area (Å²) < 4.78 is 10.7. The summed E-state index contributed by atoms with van der Waals surface area (Å²) in [5.41, 5.74) is 3.01. The van der Waals surface area contributed by atoms with Crippen LogP contribution in [0, 0.1) is 0 Å². The SMILES string of the molecule is CN=C(NCc1cccc(NC(C)=O)c1)N(C)CCc1ccc(OC)c(OC)c1. The molecule has 2 N–H and O–H groups in total. The van der Waals surface area contributed by atoms with Crippen LogP contribution in [0.1, 0.15) is 18.1 Å². The van der Waals surface area contributed by atoms with Crippen LogP contribution in [-0.2, 0) is 17.8 Å². The number of guanidine groups is 1. The molecule has 2 rings (SSSR count). The van der Waals surface area contributed by atoms with Gasteiger partial charge in [0.15, 0.2) is 17.5 Å². The summed E-state index contributed by atoms with van der Waals surface area (Å²) in [6.45, 7) is 2.90. The number of amides is 1. The van der Waals surface area contributed by atoms with E-state index in [1.54, 1.807) is 21.3 Å². The van der Waals surface area contributed by atoms with Crippen LogP contribution in [0.15, 0.2) is 47.5 Å². The lowest BCUT2D eigenvalue weighted by Crippen LogP contribution is -2.39. The number of hydrogen-bond acceptors (Lipinski definition) is 4. The van der Waals surface area contributed by atoms with Crippen LogP contribution in [0.3, 0.4) is 0 Å². The second-order valence-electron chi connectivity index (χ2n) is 6.64. The predicted octanol–water partition coefficient (Wildman–Crippen LogP) is 2.91. The Bertz CT molecular complexity index is 852. The standard InChI is InChI=1S/C22H30N4O3/c1-16(27)25-19-8-6-7-18(13-19)15-24-22(23-2)26(3)12-11-17-9-10-20(28-4)21(14-17)29-5/h6-10,13-14H,11-12,15H2,1-5H3,(H,23,24)(H,25,27). The highest BCUT2D eigenvalue weighted by Crippen LogP contribution is 2.27. The van der Waals surface area contributed by atoms with Crippen LogP contribution in [0.5, 0.6) is 11.5 Å². The molecule has 0 aliphatic rings. The molecular weight excluding hydrogens is 368 g/mol. The van der Waals surface area contributed by atoms with E-state index in [0.29, 0.717) is 6.54 Å². The van der Waals surface area contributed by atoms with Gasteiger partial charge in [-0.25, -0.2) is 0 Å². The van der Waals surface area contributed by atoms with Gasteiger partial charge in [0.2, 0.25) is 5.91 Å². The number of aliphatic imine (C=N–C) groups is 1. The van der Waals surface area contributed by atoms with E-state index in [9.17, 15) is 4.79 Å². The van der Waals surface area contributed by atoms with Crippen molar-refractivity contribution in [2.24, 2.45) is 4.99 Å².